The Labute approximate surface area is 118 Å². The van der Waals surface area contributed by atoms with Crippen LogP contribution in [0.5, 0.6) is 0 Å². The van der Waals surface area contributed by atoms with Crippen LogP contribution in [0.2, 0.25) is 0 Å². The van der Waals surface area contributed by atoms with Gasteiger partial charge in [0.2, 0.25) is 0 Å². The zero-order valence-corrected chi connectivity index (χ0v) is 10.9. The predicted molar refractivity (Wildman–Crippen MR) is 72.1 cm³/mol. The summed E-state index contributed by atoms with van der Waals surface area (Å²) in [4.78, 5) is 22.0. The van der Waals surface area contributed by atoms with Crippen molar-refractivity contribution in [1.29, 1.82) is 0 Å². The standard InChI is InChI=1S/C14H10F2N2O3/c1-8-6-10(18(20)21)3-5-13(8)17-14(19)11-4-2-9(15)7-12(11)16/h2-7H,1H3,(H,17,19). The Kier molecular flexibility index (Phi) is 3.93. The van der Waals surface area contributed by atoms with E-state index in [-0.39, 0.29) is 11.3 Å². The number of hydrogen-bond donors (Lipinski definition) is 1. The minimum Gasteiger partial charge on any atom is -0.322 e. The summed E-state index contributed by atoms with van der Waals surface area (Å²) in [6.07, 6.45) is 0. The fourth-order valence-electron chi connectivity index (χ4n) is 1.76. The van der Waals surface area contributed by atoms with Crippen LogP contribution in [0.1, 0.15) is 15.9 Å². The summed E-state index contributed by atoms with van der Waals surface area (Å²) in [6.45, 7) is 1.57. The number of carbonyl (C=O) groups is 1. The molecule has 5 nitrogen and oxygen atoms in total. The zero-order valence-electron chi connectivity index (χ0n) is 10.9. The van der Waals surface area contributed by atoms with Gasteiger partial charge in [0.25, 0.3) is 11.6 Å². The number of benzene rings is 2. The third kappa shape index (κ3) is 3.19. The molecule has 0 saturated carbocycles. The molecule has 0 aliphatic rings. The van der Waals surface area contributed by atoms with Gasteiger partial charge in [0.1, 0.15) is 11.6 Å². The summed E-state index contributed by atoms with van der Waals surface area (Å²) in [5, 5.41) is 13.0. The number of hydrogen-bond acceptors (Lipinski definition) is 3. The molecule has 0 aromatic heterocycles. The molecule has 0 atom stereocenters. The maximum Gasteiger partial charge on any atom is 0.269 e. The van der Waals surface area contributed by atoms with Crippen LogP contribution in [-0.2, 0) is 0 Å². The minimum absolute atomic E-state index is 0.113. The van der Waals surface area contributed by atoms with Crippen LogP contribution >= 0.6 is 0 Å². The molecule has 0 spiro atoms. The van der Waals surface area contributed by atoms with Gasteiger partial charge in [-0.1, -0.05) is 0 Å². The molecular weight excluding hydrogens is 282 g/mol. The van der Waals surface area contributed by atoms with Crippen molar-refractivity contribution in [1.82, 2.24) is 0 Å². The molecule has 0 saturated heterocycles. The Balaban J connectivity index is 2.25. The lowest BCUT2D eigenvalue weighted by Gasteiger charge is -2.08. The van der Waals surface area contributed by atoms with Crippen LogP contribution in [0.3, 0.4) is 0 Å². The Morgan fingerprint density at radius 3 is 2.48 bits per heavy atom. The van der Waals surface area contributed by atoms with E-state index in [0.29, 0.717) is 17.3 Å². The number of nitrogens with zero attached hydrogens (tertiary/aromatic N) is 1. The highest BCUT2D eigenvalue weighted by molar-refractivity contribution is 6.04. The van der Waals surface area contributed by atoms with Crippen LogP contribution in [0.25, 0.3) is 0 Å². The molecule has 7 heteroatoms. The van der Waals surface area contributed by atoms with E-state index in [4.69, 9.17) is 0 Å². The van der Waals surface area contributed by atoms with Crippen LogP contribution < -0.4 is 5.32 Å². The number of aryl methyl sites for hydroxylation is 1. The summed E-state index contributed by atoms with van der Waals surface area (Å²) < 4.78 is 26.3. The first-order valence-corrected chi connectivity index (χ1v) is 5.90. The lowest BCUT2D eigenvalue weighted by atomic mass is 10.1. The molecule has 0 radical (unpaired) electrons. The van der Waals surface area contributed by atoms with Crippen molar-refractivity contribution in [3.05, 3.63) is 69.3 Å². The lowest BCUT2D eigenvalue weighted by Crippen LogP contribution is -2.14. The van der Waals surface area contributed by atoms with Gasteiger partial charge in [-0.2, -0.15) is 0 Å². The number of carbonyl (C=O) groups excluding carboxylic acids is 1. The second-order valence-electron chi connectivity index (χ2n) is 4.33. The Hall–Kier alpha value is -2.83. The van der Waals surface area contributed by atoms with Gasteiger partial charge in [0.15, 0.2) is 0 Å². The van der Waals surface area contributed by atoms with E-state index in [9.17, 15) is 23.7 Å². The summed E-state index contributed by atoms with van der Waals surface area (Å²) in [7, 11) is 0. The molecule has 0 aliphatic heterocycles. The van der Waals surface area contributed by atoms with Gasteiger partial charge in [-0.3, -0.25) is 14.9 Å². The van der Waals surface area contributed by atoms with Crippen LogP contribution in [0, 0.1) is 28.7 Å². The van der Waals surface area contributed by atoms with Gasteiger partial charge < -0.3 is 5.32 Å². The first-order valence-electron chi connectivity index (χ1n) is 5.90. The molecule has 2 aromatic carbocycles. The predicted octanol–water partition coefficient (Wildman–Crippen LogP) is 3.43. The number of amides is 1. The molecular formula is C14H10F2N2O3. The molecule has 0 heterocycles. The van der Waals surface area contributed by atoms with Crippen molar-refractivity contribution in [3.8, 4) is 0 Å². The first-order chi connectivity index (χ1) is 9.88. The van der Waals surface area contributed by atoms with Crippen LogP contribution in [-0.4, -0.2) is 10.8 Å². The minimum atomic E-state index is -0.980. The number of rotatable bonds is 3. The maximum absolute atomic E-state index is 13.5. The van der Waals surface area contributed by atoms with E-state index in [1.54, 1.807) is 6.92 Å². The Morgan fingerprint density at radius 2 is 1.90 bits per heavy atom. The fraction of sp³-hybridized carbons (Fsp3) is 0.0714. The number of nitrogens with one attached hydrogen (secondary N) is 1. The van der Waals surface area contributed by atoms with E-state index < -0.39 is 22.5 Å². The summed E-state index contributed by atoms with van der Waals surface area (Å²) in [5.74, 6) is -2.52. The molecule has 0 aliphatic carbocycles. The molecule has 21 heavy (non-hydrogen) atoms. The van der Waals surface area contributed by atoms with Crippen molar-refractivity contribution in [2.75, 3.05) is 5.32 Å². The first kappa shape index (κ1) is 14.6. The molecule has 2 aromatic rings. The number of nitro groups is 1. The van der Waals surface area contributed by atoms with Crippen molar-refractivity contribution in [3.63, 3.8) is 0 Å². The molecule has 0 unspecified atom stereocenters. The van der Waals surface area contributed by atoms with Gasteiger partial charge in [0.05, 0.1) is 10.5 Å². The Bertz CT molecular complexity index is 732. The van der Waals surface area contributed by atoms with E-state index >= 15 is 0 Å². The van der Waals surface area contributed by atoms with Crippen molar-refractivity contribution in [2.45, 2.75) is 6.92 Å². The molecule has 0 fully saturated rings. The van der Waals surface area contributed by atoms with E-state index in [1.165, 1.54) is 18.2 Å². The molecule has 2 rings (SSSR count). The van der Waals surface area contributed by atoms with Gasteiger partial charge in [-0.05, 0) is 30.7 Å². The smallest absolute Gasteiger partial charge is 0.269 e. The normalized spacial score (nSPS) is 10.2. The van der Waals surface area contributed by atoms with Crippen molar-refractivity contribution < 1.29 is 18.5 Å². The fourth-order valence-corrected chi connectivity index (χ4v) is 1.76. The highest BCUT2D eigenvalue weighted by Crippen LogP contribution is 2.22. The SMILES string of the molecule is Cc1cc([N+](=O)[O-])ccc1NC(=O)c1ccc(F)cc1F. The monoisotopic (exact) mass is 292 g/mol. The van der Waals surface area contributed by atoms with E-state index in [0.717, 1.165) is 12.1 Å². The highest BCUT2D eigenvalue weighted by Gasteiger charge is 2.15. The van der Waals surface area contributed by atoms with Gasteiger partial charge in [0, 0.05) is 23.9 Å². The van der Waals surface area contributed by atoms with Crippen molar-refractivity contribution >= 4 is 17.3 Å². The van der Waals surface area contributed by atoms with Crippen molar-refractivity contribution in [2.24, 2.45) is 0 Å². The molecule has 1 N–H and O–H groups in total. The van der Waals surface area contributed by atoms with Crippen LogP contribution in [0.15, 0.2) is 36.4 Å². The number of non-ortho nitro benzene ring substituents is 1. The largest absolute Gasteiger partial charge is 0.322 e. The second kappa shape index (κ2) is 5.66. The highest BCUT2D eigenvalue weighted by atomic mass is 19.1. The van der Waals surface area contributed by atoms with Gasteiger partial charge in [-0.25, -0.2) is 8.78 Å². The quantitative estimate of drug-likeness (QED) is 0.695. The molecule has 108 valence electrons. The summed E-state index contributed by atoms with van der Waals surface area (Å²) in [5.41, 5.74) is 0.349. The molecule has 0 bridgehead atoms. The van der Waals surface area contributed by atoms with E-state index in [2.05, 4.69) is 5.32 Å². The number of nitro benzene ring substituents is 1. The number of anilines is 1. The molecule has 1 amide bonds. The average molecular weight is 292 g/mol. The lowest BCUT2D eigenvalue weighted by molar-refractivity contribution is -0.384. The van der Waals surface area contributed by atoms with Gasteiger partial charge >= 0.3 is 0 Å². The third-order valence-electron chi connectivity index (χ3n) is 2.84. The summed E-state index contributed by atoms with van der Waals surface area (Å²) in [6, 6.07) is 6.48. The van der Waals surface area contributed by atoms with Gasteiger partial charge in [-0.15, -0.1) is 0 Å². The van der Waals surface area contributed by atoms with E-state index in [1.807, 2.05) is 0 Å². The average Bonchev–Trinajstić information content (AvgIpc) is 2.40. The second-order valence-corrected chi connectivity index (χ2v) is 4.33. The third-order valence-corrected chi connectivity index (χ3v) is 2.84. The maximum atomic E-state index is 13.5. The summed E-state index contributed by atoms with van der Waals surface area (Å²) >= 11 is 0. The topological polar surface area (TPSA) is 72.2 Å². The zero-order chi connectivity index (χ0) is 15.6. The number of halogens is 2. The van der Waals surface area contributed by atoms with Crippen LogP contribution in [0.4, 0.5) is 20.2 Å². The Morgan fingerprint density at radius 1 is 1.19 bits per heavy atom.